The van der Waals surface area contributed by atoms with E-state index in [-0.39, 0.29) is 54.9 Å². The molecule has 0 bridgehead atoms. The van der Waals surface area contributed by atoms with Gasteiger partial charge in [-0.15, -0.1) is 0 Å². The summed E-state index contributed by atoms with van der Waals surface area (Å²) in [6, 6.07) is -1.46. The molecular formula is C8H14N3NaO6. The molecule has 6 N–H and O–H groups in total. The van der Waals surface area contributed by atoms with Gasteiger partial charge in [0.25, 0.3) is 0 Å². The minimum atomic E-state index is -1.17. The number of carboxylic acids is 2. The van der Waals surface area contributed by atoms with Gasteiger partial charge in [-0.25, -0.2) is 4.79 Å². The van der Waals surface area contributed by atoms with E-state index < -0.39 is 24.0 Å². The number of carbonyl (C=O) groups is 4. The molecule has 98 valence electrons. The first-order chi connectivity index (χ1) is 7.82. The number of imide groups is 1. The number of urea groups is 1. The molecule has 0 spiro atoms. The van der Waals surface area contributed by atoms with E-state index in [9.17, 15) is 19.2 Å². The fourth-order valence-corrected chi connectivity index (χ4v) is 0.778. The van der Waals surface area contributed by atoms with Crippen LogP contribution < -0.4 is 16.4 Å². The van der Waals surface area contributed by atoms with Gasteiger partial charge in [0, 0.05) is 6.42 Å². The number of amides is 3. The molecule has 0 aromatic carbocycles. The van der Waals surface area contributed by atoms with Crippen molar-refractivity contribution in [3.63, 3.8) is 0 Å². The van der Waals surface area contributed by atoms with Gasteiger partial charge in [-0.3, -0.25) is 19.7 Å². The van der Waals surface area contributed by atoms with E-state index in [1.54, 1.807) is 0 Å². The van der Waals surface area contributed by atoms with E-state index in [0.717, 1.165) is 0 Å². The third-order valence-corrected chi connectivity index (χ3v) is 1.65. The average molecular weight is 271 g/mol. The predicted octanol–water partition coefficient (Wildman–Crippen LogP) is -2.56. The van der Waals surface area contributed by atoms with E-state index in [2.05, 4.69) is 5.32 Å². The average Bonchev–Trinajstić information content (AvgIpc) is 2.59. The van der Waals surface area contributed by atoms with Crippen LogP contribution in [0.25, 0.3) is 0 Å². The molecule has 10 heteroatoms. The number of hydrogen-bond donors (Lipinski definition) is 5. The standard InChI is InChI=1S/C5H9NO4.C3H4N2O2.Na.H/c6-3(5(9)10)1-2-4(7)8;6-2-1-4-3(7)5-2;;/h3H,1-2,6H2,(H,7,8)(H,9,10);1H2,(H2,4,5,6,7);;/t3-;;;/m0.../s1. The van der Waals surface area contributed by atoms with Gasteiger partial charge in [-0.2, -0.15) is 0 Å². The fraction of sp³-hybridized carbons (Fsp3) is 0.500. The molecule has 1 heterocycles. The quantitative estimate of drug-likeness (QED) is 0.278. The Hall–Kier alpha value is -1.16. The van der Waals surface area contributed by atoms with Gasteiger partial charge in [0.2, 0.25) is 5.91 Å². The monoisotopic (exact) mass is 271 g/mol. The van der Waals surface area contributed by atoms with Crippen molar-refractivity contribution in [2.45, 2.75) is 18.9 Å². The molecule has 0 aromatic rings. The zero-order chi connectivity index (χ0) is 13.4. The molecule has 0 radical (unpaired) electrons. The van der Waals surface area contributed by atoms with Crippen LogP contribution in [-0.4, -0.2) is 76.2 Å². The van der Waals surface area contributed by atoms with Crippen LogP contribution in [0, 0.1) is 0 Å². The molecular weight excluding hydrogens is 257 g/mol. The van der Waals surface area contributed by atoms with E-state index in [1.807, 2.05) is 5.32 Å². The van der Waals surface area contributed by atoms with Crippen LogP contribution in [0.5, 0.6) is 0 Å². The third kappa shape index (κ3) is 10.0. The molecule has 18 heavy (non-hydrogen) atoms. The Morgan fingerprint density at radius 1 is 1.33 bits per heavy atom. The maximum atomic E-state index is 10.1. The van der Waals surface area contributed by atoms with Crippen LogP contribution in [0.3, 0.4) is 0 Å². The maximum absolute atomic E-state index is 10.1. The van der Waals surface area contributed by atoms with Crippen molar-refractivity contribution in [3.05, 3.63) is 0 Å². The van der Waals surface area contributed by atoms with Gasteiger partial charge in [0.1, 0.15) is 6.04 Å². The minimum absolute atomic E-state index is 0. The van der Waals surface area contributed by atoms with Crippen molar-refractivity contribution in [3.8, 4) is 0 Å². The molecule has 0 aromatic heterocycles. The van der Waals surface area contributed by atoms with E-state index in [4.69, 9.17) is 15.9 Å². The summed E-state index contributed by atoms with van der Waals surface area (Å²) in [4.78, 5) is 39.9. The Morgan fingerprint density at radius 3 is 2.11 bits per heavy atom. The Labute approximate surface area is 124 Å². The molecule has 1 rings (SSSR count). The Kier molecular flexibility index (Phi) is 10.5. The van der Waals surface area contributed by atoms with Gasteiger partial charge in [-0.1, -0.05) is 0 Å². The number of hydrogen-bond acceptors (Lipinski definition) is 5. The normalized spacial score (nSPS) is 14.3. The molecule has 9 nitrogen and oxygen atoms in total. The third-order valence-electron chi connectivity index (χ3n) is 1.65. The number of rotatable bonds is 4. The van der Waals surface area contributed by atoms with Crippen LogP contribution in [0.15, 0.2) is 0 Å². The molecule has 1 aliphatic heterocycles. The number of carboxylic acid groups (broad SMARTS) is 2. The molecule has 1 saturated heterocycles. The van der Waals surface area contributed by atoms with E-state index in [1.165, 1.54) is 0 Å². The zero-order valence-corrected chi connectivity index (χ0v) is 8.80. The summed E-state index contributed by atoms with van der Waals surface area (Å²) in [5.41, 5.74) is 5.00. The molecule has 0 unspecified atom stereocenters. The van der Waals surface area contributed by atoms with Crippen LogP contribution in [0.2, 0.25) is 0 Å². The predicted molar refractivity (Wildman–Crippen MR) is 61.2 cm³/mol. The second kappa shape index (κ2) is 9.83. The molecule has 0 aliphatic carbocycles. The van der Waals surface area contributed by atoms with Crippen molar-refractivity contribution in [1.29, 1.82) is 0 Å². The van der Waals surface area contributed by atoms with Gasteiger partial charge < -0.3 is 21.3 Å². The summed E-state index contributed by atoms with van der Waals surface area (Å²) >= 11 is 0. The Bertz CT molecular complexity index is 321. The van der Waals surface area contributed by atoms with Gasteiger partial charge in [0.05, 0.1) is 6.54 Å². The van der Waals surface area contributed by atoms with E-state index in [0.29, 0.717) is 0 Å². The molecule has 3 amide bonds. The van der Waals surface area contributed by atoms with Crippen LogP contribution in [0.4, 0.5) is 4.79 Å². The molecule has 1 aliphatic rings. The van der Waals surface area contributed by atoms with Crippen molar-refractivity contribution in [2.75, 3.05) is 6.54 Å². The zero-order valence-electron chi connectivity index (χ0n) is 8.80. The number of aliphatic carboxylic acids is 2. The topological polar surface area (TPSA) is 159 Å². The van der Waals surface area contributed by atoms with Crippen LogP contribution in [0.1, 0.15) is 12.8 Å². The number of nitrogens with one attached hydrogen (secondary N) is 2. The summed E-state index contributed by atoms with van der Waals surface area (Å²) in [5.74, 6) is -2.46. The second-order valence-electron chi connectivity index (χ2n) is 3.11. The molecule has 1 fully saturated rings. The first-order valence-electron chi connectivity index (χ1n) is 4.60. The van der Waals surface area contributed by atoms with E-state index >= 15 is 0 Å². The van der Waals surface area contributed by atoms with Gasteiger partial charge in [0.15, 0.2) is 0 Å². The second-order valence-corrected chi connectivity index (χ2v) is 3.11. The van der Waals surface area contributed by atoms with Crippen molar-refractivity contribution < 1.29 is 29.4 Å². The number of carbonyl (C=O) groups excluding carboxylic acids is 2. The molecule has 1 atom stereocenters. The van der Waals surface area contributed by atoms with Crippen molar-refractivity contribution in [2.24, 2.45) is 5.73 Å². The van der Waals surface area contributed by atoms with Crippen molar-refractivity contribution in [1.82, 2.24) is 10.6 Å². The first-order valence-corrected chi connectivity index (χ1v) is 4.60. The Morgan fingerprint density at radius 2 is 1.89 bits per heavy atom. The van der Waals surface area contributed by atoms with Gasteiger partial charge in [-0.05, 0) is 6.42 Å². The van der Waals surface area contributed by atoms with Crippen molar-refractivity contribution >= 4 is 53.4 Å². The Balaban J connectivity index is 0. The summed E-state index contributed by atoms with van der Waals surface area (Å²) in [5, 5.41) is 20.6. The van der Waals surface area contributed by atoms with Crippen LogP contribution in [-0.2, 0) is 14.4 Å². The molecule has 0 saturated carbocycles. The summed E-state index contributed by atoms with van der Waals surface area (Å²) in [6.45, 7) is 0.124. The SMILES string of the molecule is N[C@@H](CCC(=O)O)C(=O)O.O=C1CNC(=O)N1.[NaH]. The summed E-state index contributed by atoms with van der Waals surface area (Å²) in [6.07, 6.45) is -0.224. The first kappa shape index (κ1) is 19.2. The fourth-order valence-electron chi connectivity index (χ4n) is 0.778. The summed E-state index contributed by atoms with van der Waals surface area (Å²) in [7, 11) is 0. The summed E-state index contributed by atoms with van der Waals surface area (Å²) < 4.78 is 0. The number of nitrogens with two attached hydrogens (primary N) is 1. The van der Waals surface area contributed by atoms with Gasteiger partial charge >= 0.3 is 47.5 Å². The van der Waals surface area contributed by atoms with Crippen LogP contribution >= 0.6 is 0 Å².